The van der Waals surface area contributed by atoms with E-state index in [2.05, 4.69) is 32.1 Å². The van der Waals surface area contributed by atoms with Crippen molar-refractivity contribution in [3.8, 4) is 11.5 Å². The zero-order valence-corrected chi connectivity index (χ0v) is 19.4. The lowest BCUT2D eigenvalue weighted by Crippen LogP contribution is -2.48. The first kappa shape index (κ1) is 23.6. The number of halogens is 1. The number of hydrazine groups is 1. The van der Waals surface area contributed by atoms with E-state index in [1.54, 1.807) is 49.6 Å². The van der Waals surface area contributed by atoms with E-state index in [9.17, 15) is 9.59 Å². The molecule has 30 heavy (non-hydrogen) atoms. The predicted octanol–water partition coefficient (Wildman–Crippen LogP) is 3.37. The molecular weight excluding hydrogens is 470 g/mol. The van der Waals surface area contributed by atoms with Gasteiger partial charge in [0.1, 0.15) is 11.5 Å². The van der Waals surface area contributed by atoms with E-state index < -0.39 is 5.91 Å². The highest BCUT2D eigenvalue weighted by atomic mass is 79.9. The van der Waals surface area contributed by atoms with Gasteiger partial charge in [0.15, 0.2) is 5.11 Å². The van der Waals surface area contributed by atoms with Gasteiger partial charge in [0.25, 0.3) is 5.91 Å². The van der Waals surface area contributed by atoms with Crippen molar-refractivity contribution in [2.24, 2.45) is 5.92 Å². The van der Waals surface area contributed by atoms with Crippen LogP contribution in [0.1, 0.15) is 29.8 Å². The van der Waals surface area contributed by atoms with Crippen molar-refractivity contribution in [1.82, 2.24) is 16.2 Å². The normalized spacial score (nSPS) is 10.3. The maximum Gasteiger partial charge on any atom is 0.261 e. The lowest BCUT2D eigenvalue weighted by molar-refractivity contribution is -0.121. The number of hydrogen-bond acceptors (Lipinski definition) is 5. The summed E-state index contributed by atoms with van der Waals surface area (Å²) in [6.45, 7) is 4.52. The smallest absolute Gasteiger partial charge is 0.261 e. The fraction of sp³-hybridized carbons (Fsp3) is 0.286. The van der Waals surface area contributed by atoms with E-state index in [4.69, 9.17) is 21.7 Å². The quantitative estimate of drug-likeness (QED) is 0.404. The maximum atomic E-state index is 12.6. The lowest BCUT2D eigenvalue weighted by Gasteiger charge is -2.15. The molecule has 0 atom stereocenters. The molecule has 2 aromatic carbocycles. The molecule has 0 spiro atoms. The average molecular weight is 494 g/mol. The molecule has 2 aromatic rings. The van der Waals surface area contributed by atoms with Crippen LogP contribution in [-0.2, 0) is 11.2 Å². The number of carbonyl (C=O) groups excluding carboxylic acids is 2. The van der Waals surface area contributed by atoms with Gasteiger partial charge in [0.05, 0.1) is 25.7 Å². The van der Waals surface area contributed by atoms with Crippen LogP contribution >= 0.6 is 28.1 Å². The van der Waals surface area contributed by atoms with Crippen LogP contribution in [0.25, 0.3) is 0 Å². The van der Waals surface area contributed by atoms with Crippen LogP contribution in [0, 0.1) is 5.92 Å². The van der Waals surface area contributed by atoms with E-state index in [0.29, 0.717) is 29.6 Å². The van der Waals surface area contributed by atoms with Crippen molar-refractivity contribution in [2.45, 2.75) is 20.3 Å². The molecule has 160 valence electrons. The van der Waals surface area contributed by atoms with Gasteiger partial charge in [-0.1, -0.05) is 41.9 Å². The molecule has 2 amide bonds. The molecule has 9 heteroatoms. The Bertz CT molecular complexity index is 904. The Kier molecular flexibility index (Phi) is 9.07. The predicted molar refractivity (Wildman–Crippen MR) is 123 cm³/mol. The number of nitrogens with one attached hydrogen (secondary N) is 3. The molecule has 3 N–H and O–H groups in total. The van der Waals surface area contributed by atoms with Gasteiger partial charge in [-0.25, -0.2) is 0 Å². The van der Waals surface area contributed by atoms with Crippen LogP contribution in [0.2, 0.25) is 0 Å². The van der Waals surface area contributed by atoms with Crippen molar-refractivity contribution in [3.05, 3.63) is 58.1 Å². The molecule has 0 heterocycles. The number of methoxy groups -OCH3 is 1. The second kappa shape index (κ2) is 11.5. The lowest BCUT2D eigenvalue weighted by atomic mass is 10.1. The monoisotopic (exact) mass is 493 g/mol. The number of amides is 2. The summed E-state index contributed by atoms with van der Waals surface area (Å²) in [5.41, 5.74) is 6.14. The van der Waals surface area contributed by atoms with Gasteiger partial charge < -0.3 is 9.47 Å². The van der Waals surface area contributed by atoms with Gasteiger partial charge in [-0.2, -0.15) is 0 Å². The van der Waals surface area contributed by atoms with Gasteiger partial charge in [-0.05, 0) is 54.0 Å². The molecule has 0 aromatic heterocycles. The highest BCUT2D eigenvalue weighted by Gasteiger charge is 2.15. The Morgan fingerprint density at radius 3 is 2.43 bits per heavy atom. The molecule has 0 fully saturated rings. The molecule has 7 nitrogen and oxygen atoms in total. The molecule has 0 saturated heterocycles. The van der Waals surface area contributed by atoms with Crippen molar-refractivity contribution >= 4 is 45.1 Å². The van der Waals surface area contributed by atoms with E-state index >= 15 is 0 Å². The fourth-order valence-electron chi connectivity index (χ4n) is 2.36. The number of thiocarbonyl (C=S) groups is 1. The highest BCUT2D eigenvalue weighted by molar-refractivity contribution is 9.10. The molecule has 0 saturated carbocycles. The Morgan fingerprint density at radius 2 is 1.80 bits per heavy atom. The van der Waals surface area contributed by atoms with Crippen molar-refractivity contribution in [2.75, 3.05) is 13.7 Å². The number of hydrogen-bond donors (Lipinski definition) is 3. The van der Waals surface area contributed by atoms with Crippen molar-refractivity contribution in [3.63, 3.8) is 0 Å². The summed E-state index contributed by atoms with van der Waals surface area (Å²) in [5.74, 6) is 0.728. The number of ether oxygens (including phenoxy) is 2. The first-order valence-corrected chi connectivity index (χ1v) is 10.4. The van der Waals surface area contributed by atoms with Gasteiger partial charge >= 0.3 is 0 Å². The Labute approximate surface area is 189 Å². The molecule has 0 radical (unpaired) electrons. The van der Waals surface area contributed by atoms with Crippen LogP contribution in [0.5, 0.6) is 11.5 Å². The summed E-state index contributed by atoms with van der Waals surface area (Å²) in [6, 6.07) is 12.3. The van der Waals surface area contributed by atoms with Crippen LogP contribution in [0.3, 0.4) is 0 Å². The third-order valence-corrected chi connectivity index (χ3v) is 4.52. The van der Waals surface area contributed by atoms with Crippen LogP contribution in [0.15, 0.2) is 46.9 Å². The summed E-state index contributed by atoms with van der Waals surface area (Å²) in [4.78, 5) is 24.7. The number of carbonyl (C=O) groups is 2. The maximum absolute atomic E-state index is 12.6. The highest BCUT2D eigenvalue weighted by Crippen LogP contribution is 2.23. The standard InChI is InChI=1S/C21H24BrN3O4S/c1-13(2)12-29-18-9-6-15(22)11-17(18)20(27)23-21(30)25-24-19(26)10-14-4-7-16(28-3)8-5-14/h4-9,11,13H,10,12H2,1-3H3,(H,24,26)(H2,23,25,27,30). The average Bonchev–Trinajstić information content (AvgIpc) is 2.71. The van der Waals surface area contributed by atoms with Gasteiger partial charge in [-0.3, -0.25) is 25.8 Å². The number of benzene rings is 2. The van der Waals surface area contributed by atoms with Crippen LogP contribution < -0.4 is 25.6 Å². The van der Waals surface area contributed by atoms with Crippen molar-refractivity contribution < 1.29 is 19.1 Å². The second-order valence-corrected chi connectivity index (χ2v) is 8.15. The minimum atomic E-state index is -0.447. The minimum absolute atomic E-state index is 0.0298. The largest absolute Gasteiger partial charge is 0.497 e. The second-order valence-electron chi connectivity index (χ2n) is 6.83. The molecule has 0 aliphatic rings. The molecular formula is C21H24BrN3O4S. The van der Waals surface area contributed by atoms with Gasteiger partial charge in [0.2, 0.25) is 5.91 Å². The topological polar surface area (TPSA) is 88.7 Å². The SMILES string of the molecule is COc1ccc(CC(=O)NNC(=S)NC(=O)c2cc(Br)ccc2OCC(C)C)cc1. The van der Waals surface area contributed by atoms with Crippen LogP contribution in [-0.4, -0.2) is 30.6 Å². The summed E-state index contributed by atoms with van der Waals surface area (Å²) in [5, 5.41) is 2.51. The van der Waals surface area contributed by atoms with Crippen molar-refractivity contribution in [1.29, 1.82) is 0 Å². The molecule has 0 bridgehead atoms. The summed E-state index contributed by atoms with van der Waals surface area (Å²) < 4.78 is 11.5. The Morgan fingerprint density at radius 1 is 1.10 bits per heavy atom. The third-order valence-electron chi connectivity index (χ3n) is 3.82. The summed E-state index contributed by atoms with van der Waals surface area (Å²) in [6.07, 6.45) is 0.145. The molecule has 0 aliphatic carbocycles. The Balaban J connectivity index is 1.88. The van der Waals surface area contributed by atoms with E-state index in [-0.39, 0.29) is 17.4 Å². The van der Waals surface area contributed by atoms with Crippen LogP contribution in [0.4, 0.5) is 0 Å². The summed E-state index contributed by atoms with van der Waals surface area (Å²) in [7, 11) is 1.58. The first-order valence-electron chi connectivity index (χ1n) is 9.24. The Hall–Kier alpha value is -2.65. The molecule has 0 unspecified atom stereocenters. The van der Waals surface area contributed by atoms with E-state index in [1.165, 1.54) is 0 Å². The molecule has 2 rings (SSSR count). The zero-order valence-electron chi connectivity index (χ0n) is 17.0. The molecule has 0 aliphatic heterocycles. The number of rotatable bonds is 7. The first-order chi connectivity index (χ1) is 14.3. The fourth-order valence-corrected chi connectivity index (χ4v) is 2.87. The van der Waals surface area contributed by atoms with Gasteiger partial charge in [-0.15, -0.1) is 0 Å². The van der Waals surface area contributed by atoms with Gasteiger partial charge in [0, 0.05) is 4.47 Å². The minimum Gasteiger partial charge on any atom is -0.497 e. The van der Waals surface area contributed by atoms with E-state index in [0.717, 1.165) is 10.0 Å². The van der Waals surface area contributed by atoms with E-state index in [1.807, 2.05) is 13.8 Å². The summed E-state index contributed by atoms with van der Waals surface area (Å²) >= 11 is 8.45. The third kappa shape index (κ3) is 7.64. The zero-order chi connectivity index (χ0) is 22.1.